The van der Waals surface area contributed by atoms with Crippen LogP contribution in [0.2, 0.25) is 0 Å². The number of nitrogens with one attached hydrogen (secondary N) is 2. The Morgan fingerprint density at radius 2 is 2.27 bits per heavy atom. The fraction of sp³-hybridized carbons (Fsp3) is 0.412. The Labute approximate surface area is 130 Å². The monoisotopic (exact) mass is 298 g/mol. The molecule has 1 unspecified atom stereocenters. The highest BCUT2D eigenvalue weighted by Crippen LogP contribution is 2.19. The molecule has 1 atom stereocenters. The van der Waals surface area contributed by atoms with Crippen LogP contribution in [0.25, 0.3) is 5.82 Å². The van der Waals surface area contributed by atoms with Crippen LogP contribution in [0.5, 0.6) is 0 Å². The van der Waals surface area contributed by atoms with E-state index in [0.717, 1.165) is 48.7 Å². The van der Waals surface area contributed by atoms with Crippen LogP contribution >= 0.6 is 0 Å². The second-order valence-corrected chi connectivity index (χ2v) is 5.82. The van der Waals surface area contributed by atoms with Crippen molar-refractivity contribution in [2.24, 2.45) is 0 Å². The first-order valence-corrected chi connectivity index (χ1v) is 7.79. The summed E-state index contributed by atoms with van der Waals surface area (Å²) in [6.07, 6.45) is 3.91. The van der Waals surface area contributed by atoms with E-state index in [4.69, 9.17) is 0 Å². The fourth-order valence-corrected chi connectivity index (χ4v) is 3.07. The molecule has 2 aromatic rings. The highest BCUT2D eigenvalue weighted by Gasteiger charge is 2.20. The number of rotatable bonds is 3. The second-order valence-electron chi connectivity index (χ2n) is 5.82. The maximum Gasteiger partial charge on any atom is 0.253 e. The van der Waals surface area contributed by atoms with Gasteiger partial charge in [-0.25, -0.2) is 4.98 Å². The van der Waals surface area contributed by atoms with Gasteiger partial charge in [-0.05, 0) is 51.4 Å². The summed E-state index contributed by atoms with van der Waals surface area (Å²) in [5.74, 6) is 0.847. The minimum absolute atomic E-state index is 0.00369. The molecule has 22 heavy (non-hydrogen) atoms. The summed E-state index contributed by atoms with van der Waals surface area (Å²) < 4.78 is 2.02. The second kappa shape index (κ2) is 6.32. The molecular formula is C17H22N4O. The van der Waals surface area contributed by atoms with Gasteiger partial charge in [0.15, 0.2) is 0 Å². The summed E-state index contributed by atoms with van der Waals surface area (Å²) in [4.78, 5) is 16.9. The van der Waals surface area contributed by atoms with Gasteiger partial charge in [0.1, 0.15) is 5.82 Å². The molecular weight excluding hydrogens is 276 g/mol. The number of piperidine rings is 1. The van der Waals surface area contributed by atoms with Gasteiger partial charge in [0, 0.05) is 30.2 Å². The third-order valence-corrected chi connectivity index (χ3v) is 4.19. The van der Waals surface area contributed by atoms with E-state index in [1.165, 1.54) is 0 Å². The lowest BCUT2D eigenvalue weighted by Gasteiger charge is -2.23. The quantitative estimate of drug-likeness (QED) is 0.911. The molecule has 3 rings (SSSR count). The Morgan fingerprint density at radius 3 is 2.95 bits per heavy atom. The van der Waals surface area contributed by atoms with Crippen LogP contribution in [0, 0.1) is 13.8 Å². The van der Waals surface area contributed by atoms with Crippen molar-refractivity contribution in [1.29, 1.82) is 0 Å². The first-order valence-electron chi connectivity index (χ1n) is 7.79. The Kier molecular flexibility index (Phi) is 4.24. The van der Waals surface area contributed by atoms with Crippen LogP contribution in [0.3, 0.4) is 0 Å². The highest BCUT2D eigenvalue weighted by molar-refractivity contribution is 5.96. The molecule has 1 aliphatic heterocycles. The number of pyridine rings is 1. The van der Waals surface area contributed by atoms with E-state index in [0.29, 0.717) is 0 Å². The maximum atomic E-state index is 12.6. The molecule has 5 heteroatoms. The highest BCUT2D eigenvalue weighted by atomic mass is 16.1. The summed E-state index contributed by atoms with van der Waals surface area (Å²) in [5.41, 5.74) is 2.68. The number of carbonyl (C=O) groups excluding carboxylic acids is 1. The number of nitrogens with zero attached hydrogens (tertiary/aromatic N) is 2. The van der Waals surface area contributed by atoms with E-state index in [-0.39, 0.29) is 11.9 Å². The summed E-state index contributed by atoms with van der Waals surface area (Å²) in [7, 11) is 0. The summed E-state index contributed by atoms with van der Waals surface area (Å²) >= 11 is 0. The molecule has 0 radical (unpaired) electrons. The van der Waals surface area contributed by atoms with Crippen LogP contribution in [-0.4, -0.2) is 34.6 Å². The zero-order valence-electron chi connectivity index (χ0n) is 13.1. The van der Waals surface area contributed by atoms with E-state index < -0.39 is 0 Å². The van der Waals surface area contributed by atoms with E-state index in [2.05, 4.69) is 15.6 Å². The number of hydrogen-bond donors (Lipinski definition) is 2. The van der Waals surface area contributed by atoms with E-state index in [9.17, 15) is 4.79 Å². The van der Waals surface area contributed by atoms with Crippen LogP contribution in [0.1, 0.15) is 34.6 Å². The van der Waals surface area contributed by atoms with Gasteiger partial charge in [0.05, 0.1) is 5.56 Å². The molecule has 0 aliphatic carbocycles. The van der Waals surface area contributed by atoms with Crippen molar-refractivity contribution in [2.75, 3.05) is 13.1 Å². The topological polar surface area (TPSA) is 59.0 Å². The molecule has 1 fully saturated rings. The smallest absolute Gasteiger partial charge is 0.253 e. The van der Waals surface area contributed by atoms with Crippen LogP contribution in [-0.2, 0) is 0 Å². The van der Waals surface area contributed by atoms with Crippen LogP contribution in [0.4, 0.5) is 0 Å². The molecule has 116 valence electrons. The van der Waals surface area contributed by atoms with Gasteiger partial charge in [-0.15, -0.1) is 0 Å². The van der Waals surface area contributed by atoms with Gasteiger partial charge < -0.3 is 15.2 Å². The number of aryl methyl sites for hydroxylation is 1. The molecule has 0 spiro atoms. The molecule has 0 bridgehead atoms. The molecule has 0 saturated carbocycles. The van der Waals surface area contributed by atoms with Crippen molar-refractivity contribution >= 4 is 5.91 Å². The van der Waals surface area contributed by atoms with Gasteiger partial charge in [-0.2, -0.15) is 0 Å². The Balaban J connectivity index is 1.84. The van der Waals surface area contributed by atoms with Gasteiger partial charge in [-0.1, -0.05) is 6.07 Å². The summed E-state index contributed by atoms with van der Waals surface area (Å²) in [5, 5.41) is 6.45. The van der Waals surface area contributed by atoms with E-state index >= 15 is 0 Å². The molecule has 5 nitrogen and oxygen atoms in total. The number of carbonyl (C=O) groups is 1. The Morgan fingerprint density at radius 1 is 1.41 bits per heavy atom. The van der Waals surface area contributed by atoms with E-state index in [1.807, 2.05) is 42.7 Å². The summed E-state index contributed by atoms with van der Waals surface area (Å²) in [6.45, 7) is 5.86. The Hall–Kier alpha value is -2.14. The Bertz CT molecular complexity index is 657. The third kappa shape index (κ3) is 2.90. The van der Waals surface area contributed by atoms with Gasteiger partial charge in [0.2, 0.25) is 0 Å². The minimum atomic E-state index is 0.00369. The van der Waals surface area contributed by atoms with Gasteiger partial charge in [0.25, 0.3) is 5.91 Å². The maximum absolute atomic E-state index is 12.6. The minimum Gasteiger partial charge on any atom is -0.348 e. The fourth-order valence-electron chi connectivity index (χ4n) is 3.07. The molecule has 1 saturated heterocycles. The number of hydrogen-bond acceptors (Lipinski definition) is 3. The van der Waals surface area contributed by atoms with Crippen molar-refractivity contribution in [3.05, 3.63) is 47.4 Å². The molecule has 2 N–H and O–H groups in total. The summed E-state index contributed by atoms with van der Waals surface area (Å²) in [6, 6.07) is 7.96. The molecule has 0 aromatic carbocycles. The van der Waals surface area contributed by atoms with Gasteiger partial charge in [-0.3, -0.25) is 4.79 Å². The van der Waals surface area contributed by atoms with Crippen molar-refractivity contribution in [3.63, 3.8) is 0 Å². The lowest BCUT2D eigenvalue weighted by molar-refractivity contribution is 0.0930. The average Bonchev–Trinajstić information content (AvgIpc) is 2.84. The molecule has 1 aliphatic rings. The largest absolute Gasteiger partial charge is 0.348 e. The SMILES string of the molecule is Cc1cc(C(=O)NC2CCCNC2)c(C)n1-c1ccccn1. The zero-order valence-corrected chi connectivity index (χ0v) is 13.1. The predicted octanol–water partition coefficient (Wildman–Crippen LogP) is 1.97. The number of amides is 1. The predicted molar refractivity (Wildman–Crippen MR) is 86.4 cm³/mol. The zero-order chi connectivity index (χ0) is 15.5. The van der Waals surface area contributed by atoms with Crippen LogP contribution < -0.4 is 10.6 Å². The molecule has 3 heterocycles. The third-order valence-electron chi connectivity index (χ3n) is 4.19. The normalized spacial score (nSPS) is 18.2. The lowest BCUT2D eigenvalue weighted by Crippen LogP contribution is -2.45. The lowest BCUT2D eigenvalue weighted by atomic mass is 10.1. The van der Waals surface area contributed by atoms with Crippen molar-refractivity contribution < 1.29 is 4.79 Å². The van der Waals surface area contributed by atoms with Crippen LogP contribution in [0.15, 0.2) is 30.5 Å². The van der Waals surface area contributed by atoms with E-state index in [1.54, 1.807) is 6.20 Å². The first kappa shape index (κ1) is 14.8. The van der Waals surface area contributed by atoms with Crippen molar-refractivity contribution in [1.82, 2.24) is 20.2 Å². The van der Waals surface area contributed by atoms with Gasteiger partial charge >= 0.3 is 0 Å². The van der Waals surface area contributed by atoms with Crippen molar-refractivity contribution in [2.45, 2.75) is 32.7 Å². The average molecular weight is 298 g/mol. The first-order chi connectivity index (χ1) is 10.7. The van der Waals surface area contributed by atoms with Crippen molar-refractivity contribution in [3.8, 4) is 5.82 Å². The molecule has 2 aromatic heterocycles. The number of aromatic nitrogens is 2. The standard InChI is InChI=1S/C17H22N4O/c1-12-10-15(17(22)20-14-6-5-8-18-11-14)13(2)21(12)16-7-3-4-9-19-16/h3-4,7,9-10,14,18H,5-6,8,11H2,1-2H3,(H,20,22). The molecule has 1 amide bonds.